The number of carbonyl (C=O) groups excluding carboxylic acids is 1. The summed E-state index contributed by atoms with van der Waals surface area (Å²) in [6.07, 6.45) is 0. The zero-order valence-corrected chi connectivity index (χ0v) is 15.1. The number of ether oxygens (including phenoxy) is 3. The van der Waals surface area contributed by atoms with Gasteiger partial charge in [0.05, 0.1) is 31.5 Å². The van der Waals surface area contributed by atoms with E-state index in [1.807, 2.05) is 31.2 Å². The normalized spacial score (nSPS) is 10.1. The molecule has 0 unspecified atom stereocenters. The summed E-state index contributed by atoms with van der Waals surface area (Å²) in [6, 6.07) is 10.4. The van der Waals surface area contributed by atoms with Crippen LogP contribution in [0.5, 0.6) is 17.2 Å². The molecule has 7 heteroatoms. The van der Waals surface area contributed by atoms with Crippen LogP contribution in [0.2, 0.25) is 5.02 Å². The van der Waals surface area contributed by atoms with Crippen LogP contribution in [0.3, 0.4) is 0 Å². The predicted molar refractivity (Wildman–Crippen MR) is 98.0 cm³/mol. The highest BCUT2D eigenvalue weighted by atomic mass is 35.5. The molecule has 134 valence electrons. The zero-order valence-electron chi connectivity index (χ0n) is 14.4. The Hall–Kier alpha value is -2.60. The van der Waals surface area contributed by atoms with Gasteiger partial charge < -0.3 is 24.8 Å². The monoisotopic (exact) mass is 364 g/mol. The molecular formula is C18H21ClN2O4. The minimum Gasteiger partial charge on any atom is -0.495 e. The number of nitrogens with one attached hydrogen (secondary N) is 2. The fourth-order valence-electron chi connectivity index (χ4n) is 2.18. The maximum absolute atomic E-state index is 12.1. The predicted octanol–water partition coefficient (Wildman–Crippen LogP) is 4.08. The summed E-state index contributed by atoms with van der Waals surface area (Å²) in [4.78, 5) is 12.1. The summed E-state index contributed by atoms with van der Waals surface area (Å²) in [6.45, 7) is 2.93. The molecule has 0 fully saturated rings. The lowest BCUT2D eigenvalue weighted by Gasteiger charge is -2.14. The average molecular weight is 365 g/mol. The number of anilines is 1. The van der Waals surface area contributed by atoms with Crippen LogP contribution in [0, 0.1) is 0 Å². The minimum absolute atomic E-state index is 0.364. The number of hydrogen-bond acceptors (Lipinski definition) is 4. The van der Waals surface area contributed by atoms with Gasteiger partial charge in [-0.25, -0.2) is 4.79 Å². The van der Waals surface area contributed by atoms with Crippen LogP contribution in [0.1, 0.15) is 12.5 Å². The molecule has 0 aromatic heterocycles. The lowest BCUT2D eigenvalue weighted by atomic mass is 10.2. The van der Waals surface area contributed by atoms with E-state index in [2.05, 4.69) is 10.6 Å². The van der Waals surface area contributed by atoms with Crippen molar-refractivity contribution in [1.82, 2.24) is 5.32 Å². The maximum atomic E-state index is 12.1. The van der Waals surface area contributed by atoms with E-state index in [4.69, 9.17) is 25.8 Å². The molecule has 2 N–H and O–H groups in total. The van der Waals surface area contributed by atoms with Gasteiger partial charge in [0.25, 0.3) is 0 Å². The summed E-state index contributed by atoms with van der Waals surface area (Å²) in [5.74, 6) is 1.69. The Morgan fingerprint density at radius 3 is 2.36 bits per heavy atom. The van der Waals surface area contributed by atoms with Crippen LogP contribution < -0.4 is 24.8 Å². The van der Waals surface area contributed by atoms with Crippen LogP contribution in [-0.4, -0.2) is 26.9 Å². The fraction of sp³-hybridized carbons (Fsp3) is 0.278. The molecule has 25 heavy (non-hydrogen) atoms. The van der Waals surface area contributed by atoms with Crippen molar-refractivity contribution in [2.24, 2.45) is 0 Å². The summed E-state index contributed by atoms with van der Waals surface area (Å²) in [5, 5.41) is 5.91. The van der Waals surface area contributed by atoms with Gasteiger partial charge in [-0.15, -0.1) is 0 Å². The van der Waals surface area contributed by atoms with Gasteiger partial charge in [0.1, 0.15) is 17.2 Å². The Morgan fingerprint density at radius 2 is 1.76 bits per heavy atom. The Morgan fingerprint density at radius 1 is 1.08 bits per heavy atom. The topological polar surface area (TPSA) is 68.8 Å². The van der Waals surface area contributed by atoms with E-state index >= 15 is 0 Å². The zero-order chi connectivity index (χ0) is 18.2. The van der Waals surface area contributed by atoms with Crippen LogP contribution in [0.15, 0.2) is 36.4 Å². The van der Waals surface area contributed by atoms with E-state index in [1.165, 1.54) is 14.2 Å². The second-order valence-electron chi connectivity index (χ2n) is 5.07. The van der Waals surface area contributed by atoms with Crippen molar-refractivity contribution in [2.45, 2.75) is 13.5 Å². The number of methoxy groups -OCH3 is 2. The first kappa shape index (κ1) is 18.7. The smallest absolute Gasteiger partial charge is 0.319 e. The van der Waals surface area contributed by atoms with Crippen molar-refractivity contribution in [3.8, 4) is 17.2 Å². The fourth-order valence-corrected chi connectivity index (χ4v) is 2.41. The Balaban J connectivity index is 1.98. The highest BCUT2D eigenvalue weighted by Gasteiger charge is 2.12. The number of halogens is 1. The molecule has 0 saturated carbocycles. The van der Waals surface area contributed by atoms with E-state index in [0.717, 1.165) is 11.3 Å². The molecule has 0 heterocycles. The van der Waals surface area contributed by atoms with Crippen LogP contribution in [0.4, 0.5) is 10.5 Å². The Kier molecular flexibility index (Phi) is 6.77. The molecule has 0 saturated heterocycles. The molecule has 0 aliphatic rings. The highest BCUT2D eigenvalue weighted by Crippen LogP contribution is 2.35. The molecule has 2 aromatic rings. The number of rotatable bonds is 7. The van der Waals surface area contributed by atoms with Gasteiger partial charge in [-0.1, -0.05) is 23.7 Å². The van der Waals surface area contributed by atoms with Crippen molar-refractivity contribution >= 4 is 23.3 Å². The maximum Gasteiger partial charge on any atom is 0.319 e. The lowest BCUT2D eigenvalue weighted by Crippen LogP contribution is -2.28. The molecule has 0 bridgehead atoms. The van der Waals surface area contributed by atoms with Gasteiger partial charge in [0.2, 0.25) is 0 Å². The average Bonchev–Trinajstić information content (AvgIpc) is 2.62. The first-order valence-electron chi connectivity index (χ1n) is 7.75. The van der Waals surface area contributed by atoms with Gasteiger partial charge in [0.15, 0.2) is 0 Å². The van der Waals surface area contributed by atoms with E-state index in [9.17, 15) is 4.79 Å². The first-order valence-corrected chi connectivity index (χ1v) is 8.13. The second-order valence-corrected chi connectivity index (χ2v) is 5.48. The van der Waals surface area contributed by atoms with E-state index in [1.54, 1.807) is 12.1 Å². The third-order valence-corrected chi connectivity index (χ3v) is 3.70. The molecule has 2 aromatic carbocycles. The number of urea groups is 1. The first-order chi connectivity index (χ1) is 12.1. The summed E-state index contributed by atoms with van der Waals surface area (Å²) in [5.41, 5.74) is 1.42. The highest BCUT2D eigenvalue weighted by molar-refractivity contribution is 6.32. The minimum atomic E-state index is -0.364. The molecule has 2 amide bonds. The van der Waals surface area contributed by atoms with Gasteiger partial charge in [-0.3, -0.25) is 0 Å². The number of carbonyl (C=O) groups is 1. The van der Waals surface area contributed by atoms with E-state index < -0.39 is 0 Å². The van der Waals surface area contributed by atoms with Gasteiger partial charge in [-0.2, -0.15) is 0 Å². The SMILES string of the molecule is CCOc1ccc(CNC(=O)Nc2cc(OC)c(Cl)cc2OC)cc1. The summed E-state index contributed by atoms with van der Waals surface area (Å²) in [7, 11) is 3.00. The third kappa shape index (κ3) is 5.19. The molecule has 0 atom stereocenters. The van der Waals surface area contributed by atoms with Gasteiger partial charge in [-0.05, 0) is 24.6 Å². The molecule has 6 nitrogen and oxygen atoms in total. The van der Waals surface area contributed by atoms with Crippen molar-refractivity contribution < 1.29 is 19.0 Å². The standard InChI is InChI=1S/C18H21ClN2O4/c1-4-25-13-7-5-12(6-8-13)11-20-18(22)21-15-10-16(23-2)14(19)9-17(15)24-3/h5-10H,4,11H2,1-3H3,(H2,20,21,22). The summed E-state index contributed by atoms with van der Waals surface area (Å²) >= 11 is 6.05. The lowest BCUT2D eigenvalue weighted by molar-refractivity contribution is 0.251. The number of hydrogen-bond donors (Lipinski definition) is 2. The van der Waals surface area contributed by atoms with E-state index in [-0.39, 0.29) is 6.03 Å². The van der Waals surface area contributed by atoms with Crippen LogP contribution >= 0.6 is 11.6 Å². The Bertz CT molecular complexity index is 720. The van der Waals surface area contributed by atoms with Crippen molar-refractivity contribution in [3.63, 3.8) is 0 Å². The quantitative estimate of drug-likeness (QED) is 0.776. The molecule has 0 spiro atoms. The van der Waals surface area contributed by atoms with Gasteiger partial charge >= 0.3 is 6.03 Å². The summed E-state index contributed by atoms with van der Waals surface area (Å²) < 4.78 is 15.8. The molecule has 0 aliphatic heterocycles. The molecule has 2 rings (SSSR count). The van der Waals surface area contributed by atoms with Crippen molar-refractivity contribution in [3.05, 3.63) is 47.0 Å². The van der Waals surface area contributed by atoms with Crippen LogP contribution in [-0.2, 0) is 6.54 Å². The largest absolute Gasteiger partial charge is 0.495 e. The number of benzene rings is 2. The second kappa shape index (κ2) is 9.03. The van der Waals surface area contributed by atoms with Gasteiger partial charge in [0, 0.05) is 18.7 Å². The Labute approximate surface area is 152 Å². The number of amides is 2. The molecule has 0 aliphatic carbocycles. The van der Waals surface area contributed by atoms with Crippen LogP contribution in [0.25, 0.3) is 0 Å². The van der Waals surface area contributed by atoms with Crippen molar-refractivity contribution in [1.29, 1.82) is 0 Å². The van der Waals surface area contributed by atoms with Crippen molar-refractivity contribution in [2.75, 3.05) is 26.1 Å². The molecular weight excluding hydrogens is 344 g/mol. The molecule has 0 radical (unpaired) electrons. The van der Waals surface area contributed by atoms with E-state index in [0.29, 0.717) is 35.4 Å². The third-order valence-electron chi connectivity index (χ3n) is 3.41.